The standard InChI is InChI=1S/C2H4N2O2S/c5-3-1-2(7)4-6/h1,5-6H,(H,4,7). The average molecular weight is 120 g/mol. The van der Waals surface area contributed by atoms with Crippen molar-refractivity contribution in [1.82, 2.24) is 5.48 Å². The van der Waals surface area contributed by atoms with Gasteiger partial charge in [0.2, 0.25) is 0 Å². The van der Waals surface area contributed by atoms with E-state index in [2.05, 4.69) is 17.4 Å². The van der Waals surface area contributed by atoms with Crippen molar-refractivity contribution in [2.75, 3.05) is 0 Å². The number of hydrogen-bond acceptors (Lipinski definition) is 4. The van der Waals surface area contributed by atoms with E-state index in [4.69, 9.17) is 10.4 Å². The van der Waals surface area contributed by atoms with Crippen LogP contribution in [0.25, 0.3) is 0 Å². The van der Waals surface area contributed by atoms with Gasteiger partial charge in [-0.25, -0.2) is 0 Å². The molecule has 0 radical (unpaired) electrons. The third-order valence-corrected chi connectivity index (χ3v) is 0.482. The fourth-order valence-electron chi connectivity index (χ4n) is 0.0813. The van der Waals surface area contributed by atoms with Crippen LogP contribution in [0, 0.1) is 0 Å². The van der Waals surface area contributed by atoms with Gasteiger partial charge < -0.3 is 5.21 Å². The zero-order chi connectivity index (χ0) is 5.70. The number of hydroxylamine groups is 1. The molecule has 0 fully saturated rings. The number of nitrogens with zero attached hydrogens (tertiary/aromatic N) is 1. The molecule has 7 heavy (non-hydrogen) atoms. The molecule has 40 valence electrons. The zero-order valence-corrected chi connectivity index (χ0v) is 4.14. The van der Waals surface area contributed by atoms with Crippen LogP contribution in [-0.4, -0.2) is 21.6 Å². The molecule has 0 bridgehead atoms. The van der Waals surface area contributed by atoms with E-state index in [0.29, 0.717) is 0 Å². The predicted octanol–water partition coefficient (Wildman–Crippen LogP) is -0.247. The molecule has 0 amide bonds. The molecule has 0 atom stereocenters. The van der Waals surface area contributed by atoms with Gasteiger partial charge in [0, 0.05) is 0 Å². The Labute approximate surface area is 45.4 Å². The number of oxime groups is 1. The normalized spacial score (nSPS) is 9.29. The molecule has 0 aromatic carbocycles. The first kappa shape index (κ1) is 6.32. The monoisotopic (exact) mass is 120 g/mol. The first-order chi connectivity index (χ1) is 3.31. The van der Waals surface area contributed by atoms with E-state index in [1.54, 1.807) is 5.48 Å². The number of hydrogen-bond donors (Lipinski definition) is 3. The first-order valence-corrected chi connectivity index (χ1v) is 1.83. The van der Waals surface area contributed by atoms with Crippen LogP contribution in [0.1, 0.15) is 0 Å². The summed E-state index contributed by atoms with van der Waals surface area (Å²) in [6.07, 6.45) is 0.898. The van der Waals surface area contributed by atoms with Crippen molar-refractivity contribution in [3.63, 3.8) is 0 Å². The van der Waals surface area contributed by atoms with Gasteiger partial charge in [-0.2, -0.15) is 0 Å². The van der Waals surface area contributed by atoms with Crippen molar-refractivity contribution in [3.8, 4) is 0 Å². The fraction of sp³-hybridized carbons (Fsp3) is 0. The minimum atomic E-state index is -0.0255. The lowest BCUT2D eigenvalue weighted by Gasteiger charge is -1.85. The smallest absolute Gasteiger partial charge is 0.145 e. The van der Waals surface area contributed by atoms with Crippen molar-refractivity contribution >= 4 is 23.4 Å². The number of nitrogens with one attached hydrogen (secondary N) is 1. The summed E-state index contributed by atoms with van der Waals surface area (Å²) in [5, 5.41) is 18.1. The number of rotatable bonds is 1. The maximum Gasteiger partial charge on any atom is 0.145 e. The molecule has 0 aromatic rings. The average Bonchev–Trinajstić information content (AvgIpc) is 1.68. The Morgan fingerprint density at radius 1 is 1.86 bits per heavy atom. The van der Waals surface area contributed by atoms with Gasteiger partial charge in [-0.05, 0) is 0 Å². The Morgan fingerprint density at radius 3 is 2.57 bits per heavy atom. The quantitative estimate of drug-likeness (QED) is 0.193. The summed E-state index contributed by atoms with van der Waals surface area (Å²) in [4.78, 5) is -0.0255. The third kappa shape index (κ3) is 3.14. The summed E-state index contributed by atoms with van der Waals surface area (Å²) in [5.41, 5.74) is 1.59. The van der Waals surface area contributed by atoms with Crippen LogP contribution < -0.4 is 5.48 Å². The summed E-state index contributed by atoms with van der Waals surface area (Å²) < 4.78 is 0. The Balaban J connectivity index is 3.37. The first-order valence-electron chi connectivity index (χ1n) is 1.42. The minimum Gasteiger partial charge on any atom is -0.411 e. The van der Waals surface area contributed by atoms with Gasteiger partial charge in [-0.3, -0.25) is 10.7 Å². The van der Waals surface area contributed by atoms with E-state index in [1.165, 1.54) is 0 Å². The summed E-state index contributed by atoms with van der Waals surface area (Å²) in [7, 11) is 0. The molecule has 5 heteroatoms. The molecular formula is C2H4N2O2S. The SMILES string of the molecule is ON=CC(=S)NO. The van der Waals surface area contributed by atoms with Gasteiger partial charge in [-0.1, -0.05) is 17.4 Å². The molecule has 0 aliphatic carbocycles. The molecular weight excluding hydrogens is 116 g/mol. The van der Waals surface area contributed by atoms with E-state index in [0.717, 1.165) is 6.21 Å². The lowest BCUT2D eigenvalue weighted by atomic mass is 10.8. The van der Waals surface area contributed by atoms with Crippen LogP contribution in [-0.2, 0) is 0 Å². The van der Waals surface area contributed by atoms with Crippen molar-refractivity contribution in [2.24, 2.45) is 5.16 Å². The van der Waals surface area contributed by atoms with Crippen molar-refractivity contribution < 1.29 is 10.4 Å². The largest absolute Gasteiger partial charge is 0.411 e. The van der Waals surface area contributed by atoms with E-state index >= 15 is 0 Å². The van der Waals surface area contributed by atoms with Crippen LogP contribution in [0.15, 0.2) is 5.16 Å². The van der Waals surface area contributed by atoms with Crippen LogP contribution in [0.4, 0.5) is 0 Å². The highest BCUT2D eigenvalue weighted by Crippen LogP contribution is 1.59. The maximum absolute atomic E-state index is 7.87. The fourth-order valence-corrected chi connectivity index (χ4v) is 0.128. The maximum atomic E-state index is 7.87. The Bertz CT molecular complexity index is 91.7. The lowest BCUT2D eigenvalue weighted by Crippen LogP contribution is -2.16. The molecule has 0 unspecified atom stereocenters. The molecule has 0 spiro atoms. The molecule has 3 N–H and O–H groups in total. The molecule has 0 rings (SSSR count). The minimum absolute atomic E-state index is 0.0255. The molecule has 0 aliphatic rings. The summed E-state index contributed by atoms with van der Waals surface area (Å²) >= 11 is 4.28. The molecule has 0 saturated heterocycles. The van der Waals surface area contributed by atoms with Crippen LogP contribution in [0.3, 0.4) is 0 Å². The van der Waals surface area contributed by atoms with Gasteiger partial charge in [-0.15, -0.1) is 0 Å². The highest BCUT2D eigenvalue weighted by molar-refractivity contribution is 7.81. The second-order valence-electron chi connectivity index (χ2n) is 0.721. The highest BCUT2D eigenvalue weighted by Gasteiger charge is 1.80. The summed E-state index contributed by atoms with van der Waals surface area (Å²) in [5.74, 6) is 0. The highest BCUT2D eigenvalue weighted by atomic mass is 32.1. The molecule has 0 heterocycles. The molecule has 0 aliphatic heterocycles. The Morgan fingerprint density at radius 2 is 2.43 bits per heavy atom. The predicted molar refractivity (Wildman–Crippen MR) is 27.8 cm³/mol. The van der Waals surface area contributed by atoms with E-state index < -0.39 is 0 Å². The molecule has 0 aromatic heterocycles. The van der Waals surface area contributed by atoms with Crippen LogP contribution in [0.5, 0.6) is 0 Å². The Kier molecular flexibility index (Phi) is 3.17. The number of thiocarbonyl (C=S) groups is 1. The van der Waals surface area contributed by atoms with Crippen molar-refractivity contribution in [3.05, 3.63) is 0 Å². The summed E-state index contributed by atoms with van der Waals surface area (Å²) in [6, 6.07) is 0. The van der Waals surface area contributed by atoms with Gasteiger partial charge in [0.25, 0.3) is 0 Å². The van der Waals surface area contributed by atoms with E-state index in [9.17, 15) is 0 Å². The van der Waals surface area contributed by atoms with E-state index in [-0.39, 0.29) is 4.99 Å². The van der Waals surface area contributed by atoms with Gasteiger partial charge in [0.05, 0.1) is 0 Å². The molecule has 4 nitrogen and oxygen atoms in total. The van der Waals surface area contributed by atoms with Crippen molar-refractivity contribution in [2.45, 2.75) is 0 Å². The summed E-state index contributed by atoms with van der Waals surface area (Å²) in [6.45, 7) is 0. The van der Waals surface area contributed by atoms with Gasteiger partial charge in [0.15, 0.2) is 0 Å². The van der Waals surface area contributed by atoms with Crippen LogP contribution in [0.2, 0.25) is 0 Å². The second-order valence-corrected chi connectivity index (χ2v) is 1.16. The Hall–Kier alpha value is -0.680. The van der Waals surface area contributed by atoms with Crippen LogP contribution >= 0.6 is 12.2 Å². The second kappa shape index (κ2) is 3.51. The zero-order valence-electron chi connectivity index (χ0n) is 3.33. The lowest BCUT2D eigenvalue weighted by molar-refractivity contribution is 0.239. The van der Waals surface area contributed by atoms with Crippen molar-refractivity contribution in [1.29, 1.82) is 0 Å². The molecule has 0 saturated carbocycles. The van der Waals surface area contributed by atoms with Gasteiger partial charge in [0.1, 0.15) is 11.2 Å². The van der Waals surface area contributed by atoms with Gasteiger partial charge >= 0.3 is 0 Å². The van der Waals surface area contributed by atoms with E-state index in [1.807, 2.05) is 0 Å². The third-order valence-electron chi connectivity index (χ3n) is 0.285. The topological polar surface area (TPSA) is 64.9 Å².